The van der Waals surface area contributed by atoms with Crippen LogP contribution in [0.15, 0.2) is 48.8 Å². The molecule has 2 aromatic heterocycles. The highest BCUT2D eigenvalue weighted by Crippen LogP contribution is 2.24. The minimum absolute atomic E-state index is 0.210. The predicted molar refractivity (Wildman–Crippen MR) is 106 cm³/mol. The molecule has 1 N–H and O–H groups in total. The second-order valence-electron chi connectivity index (χ2n) is 6.29. The summed E-state index contributed by atoms with van der Waals surface area (Å²) in [5, 5.41) is 10.8. The molecule has 1 saturated heterocycles. The van der Waals surface area contributed by atoms with Crippen molar-refractivity contribution in [3.05, 3.63) is 66.0 Å². The van der Waals surface area contributed by atoms with Gasteiger partial charge in [-0.3, -0.25) is 9.78 Å². The third-order valence-electron chi connectivity index (χ3n) is 4.42. The minimum Gasteiger partial charge on any atom is -0.368 e. The molecular formula is C19H19FN6OS. The number of thioether (sulfide) groups is 1. The Morgan fingerprint density at radius 3 is 2.82 bits per heavy atom. The van der Waals surface area contributed by atoms with Crippen molar-refractivity contribution in [1.29, 1.82) is 0 Å². The van der Waals surface area contributed by atoms with Gasteiger partial charge in [0.05, 0.1) is 24.1 Å². The quantitative estimate of drug-likeness (QED) is 0.711. The van der Waals surface area contributed by atoms with Crippen LogP contribution < -0.4 is 10.2 Å². The van der Waals surface area contributed by atoms with Gasteiger partial charge in [0, 0.05) is 36.9 Å². The van der Waals surface area contributed by atoms with Crippen LogP contribution in [0.2, 0.25) is 0 Å². The molecule has 3 heterocycles. The summed E-state index contributed by atoms with van der Waals surface area (Å²) in [5.41, 5.74) is 2.11. The van der Waals surface area contributed by atoms with Gasteiger partial charge in [0.1, 0.15) is 17.2 Å². The first-order valence-corrected chi connectivity index (χ1v) is 10.1. The second kappa shape index (κ2) is 8.39. The van der Waals surface area contributed by atoms with Gasteiger partial charge >= 0.3 is 0 Å². The van der Waals surface area contributed by atoms with Crippen LogP contribution in [0.4, 0.5) is 10.1 Å². The van der Waals surface area contributed by atoms with Gasteiger partial charge in [-0.05, 0) is 24.3 Å². The van der Waals surface area contributed by atoms with Crippen molar-refractivity contribution in [3.63, 3.8) is 0 Å². The van der Waals surface area contributed by atoms with Crippen LogP contribution in [-0.2, 0) is 6.54 Å². The largest absolute Gasteiger partial charge is 0.368 e. The summed E-state index contributed by atoms with van der Waals surface area (Å²) >= 11 is 1.89. The summed E-state index contributed by atoms with van der Waals surface area (Å²) in [4.78, 5) is 18.1. The van der Waals surface area contributed by atoms with Crippen molar-refractivity contribution >= 4 is 23.4 Å². The number of hydrogen-bond donors (Lipinski definition) is 1. The molecule has 0 aliphatic carbocycles. The molecule has 1 fully saturated rings. The van der Waals surface area contributed by atoms with Crippen LogP contribution >= 0.6 is 11.8 Å². The van der Waals surface area contributed by atoms with E-state index in [9.17, 15) is 9.18 Å². The first-order valence-electron chi connectivity index (χ1n) is 8.94. The lowest BCUT2D eigenvalue weighted by Crippen LogP contribution is -2.33. The molecule has 0 unspecified atom stereocenters. The number of carbonyl (C=O) groups is 1. The van der Waals surface area contributed by atoms with Gasteiger partial charge in [0.15, 0.2) is 0 Å². The Kier molecular flexibility index (Phi) is 5.52. The molecule has 0 bridgehead atoms. The molecule has 1 aliphatic heterocycles. The Bertz CT molecular complexity index is 958. The molecule has 1 aromatic carbocycles. The fourth-order valence-corrected chi connectivity index (χ4v) is 3.87. The lowest BCUT2D eigenvalue weighted by atomic mass is 10.2. The molecule has 0 spiro atoms. The van der Waals surface area contributed by atoms with Crippen LogP contribution in [0.3, 0.4) is 0 Å². The number of pyridine rings is 1. The van der Waals surface area contributed by atoms with E-state index in [1.807, 2.05) is 17.8 Å². The Morgan fingerprint density at radius 1 is 1.21 bits per heavy atom. The smallest absolute Gasteiger partial charge is 0.270 e. The van der Waals surface area contributed by atoms with Crippen LogP contribution in [0.5, 0.6) is 0 Å². The van der Waals surface area contributed by atoms with Crippen LogP contribution in [0.25, 0.3) is 5.69 Å². The van der Waals surface area contributed by atoms with E-state index in [1.165, 1.54) is 10.7 Å². The number of aromatic nitrogens is 4. The number of hydrogen-bond acceptors (Lipinski definition) is 6. The Balaban J connectivity index is 1.42. The van der Waals surface area contributed by atoms with Crippen molar-refractivity contribution in [2.75, 3.05) is 29.5 Å². The Hall–Kier alpha value is -2.94. The maximum atomic E-state index is 14.6. The number of nitrogens with one attached hydrogen (secondary N) is 1. The van der Waals surface area contributed by atoms with Crippen molar-refractivity contribution < 1.29 is 9.18 Å². The van der Waals surface area contributed by atoms with Gasteiger partial charge in [-0.25, -0.2) is 9.07 Å². The summed E-state index contributed by atoms with van der Waals surface area (Å²) in [6.45, 7) is 1.91. The third-order valence-corrected chi connectivity index (χ3v) is 5.36. The number of amides is 1. The first-order chi connectivity index (χ1) is 13.7. The zero-order valence-electron chi connectivity index (χ0n) is 15.1. The summed E-state index contributed by atoms with van der Waals surface area (Å²) in [6, 6.07) is 10.2. The molecule has 0 saturated carbocycles. The van der Waals surface area contributed by atoms with Crippen molar-refractivity contribution in [2.24, 2.45) is 0 Å². The summed E-state index contributed by atoms with van der Waals surface area (Å²) < 4.78 is 16.1. The number of benzene rings is 1. The molecule has 144 valence electrons. The Labute approximate surface area is 166 Å². The molecule has 1 aliphatic rings. The standard InChI is InChI=1S/C19H19FN6OS/c20-16-11-15(4-5-18(16)25-7-9-28-10-8-25)26-13-14(23-24-26)12-22-19(27)17-3-1-2-6-21-17/h1-6,11,13H,7-10,12H2,(H,22,27). The highest BCUT2D eigenvalue weighted by atomic mass is 32.2. The average molecular weight is 398 g/mol. The zero-order valence-corrected chi connectivity index (χ0v) is 15.9. The topological polar surface area (TPSA) is 75.9 Å². The van der Waals surface area contributed by atoms with Crippen molar-refractivity contribution in [2.45, 2.75) is 6.54 Å². The van der Waals surface area contributed by atoms with E-state index in [1.54, 1.807) is 36.7 Å². The zero-order chi connectivity index (χ0) is 19.3. The van der Waals surface area contributed by atoms with Crippen molar-refractivity contribution in [1.82, 2.24) is 25.3 Å². The van der Waals surface area contributed by atoms with Gasteiger partial charge in [-0.15, -0.1) is 5.10 Å². The van der Waals surface area contributed by atoms with Crippen LogP contribution in [0.1, 0.15) is 16.2 Å². The van der Waals surface area contributed by atoms with Crippen molar-refractivity contribution in [3.8, 4) is 5.69 Å². The molecule has 0 atom stereocenters. The SMILES string of the molecule is O=C(NCc1cn(-c2ccc(N3CCSCC3)c(F)c2)nn1)c1ccccn1. The van der Waals surface area contributed by atoms with E-state index in [0.29, 0.717) is 22.8 Å². The van der Waals surface area contributed by atoms with E-state index >= 15 is 0 Å². The average Bonchev–Trinajstić information content (AvgIpc) is 3.22. The number of nitrogens with zero attached hydrogens (tertiary/aromatic N) is 5. The third kappa shape index (κ3) is 4.14. The Morgan fingerprint density at radius 2 is 2.07 bits per heavy atom. The van der Waals surface area contributed by atoms with E-state index < -0.39 is 0 Å². The number of halogens is 1. The number of carbonyl (C=O) groups excluding carboxylic acids is 1. The fraction of sp³-hybridized carbons (Fsp3) is 0.263. The lowest BCUT2D eigenvalue weighted by molar-refractivity contribution is 0.0945. The maximum absolute atomic E-state index is 14.6. The van der Waals surface area contributed by atoms with Gasteiger partial charge in [-0.2, -0.15) is 11.8 Å². The number of anilines is 1. The van der Waals surface area contributed by atoms with Crippen LogP contribution in [0, 0.1) is 5.82 Å². The van der Waals surface area contributed by atoms with E-state index in [-0.39, 0.29) is 18.3 Å². The number of rotatable bonds is 5. The summed E-state index contributed by atoms with van der Waals surface area (Å²) in [5.74, 6) is 1.46. The van der Waals surface area contributed by atoms with E-state index in [0.717, 1.165) is 24.6 Å². The van der Waals surface area contributed by atoms with E-state index in [4.69, 9.17) is 0 Å². The fourth-order valence-electron chi connectivity index (χ4n) is 2.96. The second-order valence-corrected chi connectivity index (χ2v) is 7.51. The molecule has 7 nitrogen and oxygen atoms in total. The van der Waals surface area contributed by atoms with Gasteiger partial charge in [0.2, 0.25) is 0 Å². The van der Waals surface area contributed by atoms with Gasteiger partial charge in [-0.1, -0.05) is 11.3 Å². The maximum Gasteiger partial charge on any atom is 0.270 e. The molecule has 0 radical (unpaired) electrons. The van der Waals surface area contributed by atoms with Gasteiger partial charge < -0.3 is 10.2 Å². The lowest BCUT2D eigenvalue weighted by Gasteiger charge is -2.28. The highest BCUT2D eigenvalue weighted by Gasteiger charge is 2.16. The monoisotopic (exact) mass is 398 g/mol. The molecular weight excluding hydrogens is 379 g/mol. The highest BCUT2D eigenvalue weighted by molar-refractivity contribution is 7.99. The predicted octanol–water partition coefficient (Wildman–Crippen LogP) is 2.28. The molecule has 4 rings (SSSR count). The van der Waals surface area contributed by atoms with Gasteiger partial charge in [0.25, 0.3) is 5.91 Å². The molecule has 3 aromatic rings. The van der Waals surface area contributed by atoms with Crippen LogP contribution in [-0.4, -0.2) is 50.5 Å². The molecule has 28 heavy (non-hydrogen) atoms. The molecule has 1 amide bonds. The minimum atomic E-state index is -0.287. The molecule has 9 heteroatoms. The normalized spacial score (nSPS) is 14.1. The summed E-state index contributed by atoms with van der Waals surface area (Å²) in [6.07, 6.45) is 3.23. The summed E-state index contributed by atoms with van der Waals surface area (Å²) in [7, 11) is 0. The first kappa shape index (κ1) is 18.4. The van der Waals surface area contributed by atoms with E-state index in [2.05, 4.69) is 25.5 Å².